The van der Waals surface area contributed by atoms with E-state index < -0.39 is 0 Å². The zero-order chi connectivity index (χ0) is 19.7. The summed E-state index contributed by atoms with van der Waals surface area (Å²) in [6.45, 7) is 8.23. The van der Waals surface area contributed by atoms with Crippen molar-refractivity contribution >= 4 is 23.6 Å². The Bertz CT molecular complexity index is 960. The summed E-state index contributed by atoms with van der Waals surface area (Å²) in [5, 5.41) is 10.8. The van der Waals surface area contributed by atoms with Gasteiger partial charge < -0.3 is 0 Å². The van der Waals surface area contributed by atoms with Gasteiger partial charge in [-0.15, -0.1) is 11.3 Å². The van der Waals surface area contributed by atoms with Gasteiger partial charge in [0.2, 0.25) is 0 Å². The maximum absolute atomic E-state index is 5.83. The first-order chi connectivity index (χ1) is 13.4. The molecule has 0 saturated heterocycles. The van der Waals surface area contributed by atoms with Gasteiger partial charge in [0.25, 0.3) is 0 Å². The fourth-order valence-electron chi connectivity index (χ4n) is 3.59. The van der Waals surface area contributed by atoms with Crippen LogP contribution in [0.1, 0.15) is 61.8 Å². The summed E-state index contributed by atoms with van der Waals surface area (Å²) < 4.78 is 5.00. The molecule has 4 nitrogen and oxygen atoms in total. The van der Waals surface area contributed by atoms with E-state index in [2.05, 4.69) is 78.5 Å². The van der Waals surface area contributed by atoms with Crippen molar-refractivity contribution < 1.29 is 0 Å². The molecule has 1 aliphatic carbocycles. The summed E-state index contributed by atoms with van der Waals surface area (Å²) in [7, 11) is 0. The molecule has 0 amide bonds. The molecule has 4 rings (SSSR count). The van der Waals surface area contributed by atoms with Crippen molar-refractivity contribution in [3.63, 3.8) is 0 Å². The SMILES string of the molecule is CC(C)(C)C(NCn1nc(C2CC2)n(Cc2ccccc2)c1=S)c1cccs1. The fourth-order valence-corrected chi connectivity index (χ4v) is 4.89. The number of nitrogens with zero attached hydrogens (tertiary/aromatic N) is 3. The monoisotopic (exact) mass is 412 g/mol. The van der Waals surface area contributed by atoms with Crippen LogP contribution in [0.25, 0.3) is 0 Å². The van der Waals surface area contributed by atoms with Crippen molar-refractivity contribution in [2.75, 3.05) is 0 Å². The van der Waals surface area contributed by atoms with Gasteiger partial charge in [0, 0.05) is 16.8 Å². The van der Waals surface area contributed by atoms with Crippen LogP contribution >= 0.6 is 23.6 Å². The second-order valence-corrected chi connectivity index (χ2v) is 10.0. The Morgan fingerprint density at radius 1 is 1.18 bits per heavy atom. The number of hydrogen-bond acceptors (Lipinski definition) is 4. The smallest absolute Gasteiger partial charge is 0.199 e. The maximum Gasteiger partial charge on any atom is 0.199 e. The topological polar surface area (TPSA) is 34.8 Å². The summed E-state index contributed by atoms with van der Waals surface area (Å²) in [6.07, 6.45) is 2.43. The molecule has 3 aromatic rings. The first-order valence-corrected chi connectivity index (χ1v) is 11.2. The van der Waals surface area contributed by atoms with Gasteiger partial charge in [-0.3, -0.25) is 9.88 Å². The van der Waals surface area contributed by atoms with Gasteiger partial charge in [-0.1, -0.05) is 57.2 Å². The third-order valence-electron chi connectivity index (χ3n) is 5.22. The highest BCUT2D eigenvalue weighted by atomic mass is 32.1. The molecule has 0 aliphatic heterocycles. The van der Waals surface area contributed by atoms with Crippen molar-refractivity contribution in [1.29, 1.82) is 0 Å². The van der Waals surface area contributed by atoms with E-state index in [-0.39, 0.29) is 11.5 Å². The van der Waals surface area contributed by atoms with E-state index in [1.165, 1.54) is 23.3 Å². The minimum atomic E-state index is 0.110. The molecule has 1 atom stereocenters. The summed E-state index contributed by atoms with van der Waals surface area (Å²) in [5.41, 5.74) is 1.37. The zero-order valence-electron chi connectivity index (χ0n) is 16.8. The number of rotatable bonds is 7. The van der Waals surface area contributed by atoms with Crippen LogP contribution in [0.5, 0.6) is 0 Å². The van der Waals surface area contributed by atoms with Crippen molar-refractivity contribution in [2.45, 2.75) is 58.8 Å². The molecule has 0 spiro atoms. The molecule has 28 heavy (non-hydrogen) atoms. The Labute approximate surface area is 176 Å². The van der Waals surface area contributed by atoms with Gasteiger partial charge in [0.05, 0.1) is 13.2 Å². The largest absolute Gasteiger partial charge is 0.299 e. The van der Waals surface area contributed by atoms with Gasteiger partial charge in [0.1, 0.15) is 5.82 Å². The van der Waals surface area contributed by atoms with Crippen molar-refractivity contribution in [1.82, 2.24) is 19.7 Å². The molecule has 1 N–H and O–H groups in total. The molecule has 1 fully saturated rings. The quantitative estimate of drug-likeness (QED) is 0.503. The molecule has 1 unspecified atom stereocenters. The molecule has 1 aromatic carbocycles. The average molecular weight is 413 g/mol. The summed E-state index contributed by atoms with van der Waals surface area (Å²) in [5.74, 6) is 1.70. The number of aromatic nitrogens is 3. The lowest BCUT2D eigenvalue weighted by molar-refractivity contribution is 0.254. The minimum absolute atomic E-state index is 0.110. The number of thiophene rings is 1. The Morgan fingerprint density at radius 3 is 2.54 bits per heavy atom. The van der Waals surface area contributed by atoms with Crippen LogP contribution in [0.15, 0.2) is 47.8 Å². The molecule has 148 valence electrons. The lowest BCUT2D eigenvalue weighted by atomic mass is 9.86. The predicted octanol–water partition coefficient (Wildman–Crippen LogP) is 5.74. The van der Waals surface area contributed by atoms with E-state index in [1.807, 2.05) is 4.68 Å². The molecular formula is C22H28N4S2. The standard InChI is InChI=1S/C22H28N4S2/c1-22(2,3)19(18-10-7-13-28-18)23-15-26-21(27)25(20(24-26)17-11-12-17)14-16-8-5-4-6-9-16/h4-10,13,17,19,23H,11-12,14-15H2,1-3H3. The Kier molecular flexibility index (Phi) is 5.54. The third kappa shape index (κ3) is 4.29. The van der Waals surface area contributed by atoms with Crippen molar-refractivity contribution in [3.8, 4) is 0 Å². The van der Waals surface area contributed by atoms with Crippen molar-refractivity contribution in [2.24, 2.45) is 5.41 Å². The normalized spacial score (nSPS) is 15.7. The highest BCUT2D eigenvalue weighted by molar-refractivity contribution is 7.71. The first-order valence-electron chi connectivity index (χ1n) is 9.92. The molecule has 2 aromatic heterocycles. The average Bonchev–Trinajstić information content (AvgIpc) is 3.28. The Morgan fingerprint density at radius 2 is 1.93 bits per heavy atom. The maximum atomic E-state index is 5.83. The highest BCUT2D eigenvalue weighted by Crippen LogP contribution is 2.39. The predicted molar refractivity (Wildman–Crippen MR) is 118 cm³/mol. The first kappa shape index (κ1) is 19.6. The second-order valence-electron chi connectivity index (χ2n) is 8.66. The lowest BCUT2D eigenvalue weighted by Gasteiger charge is -2.30. The van der Waals surface area contributed by atoms with Crippen LogP contribution in [-0.4, -0.2) is 14.3 Å². The van der Waals surface area contributed by atoms with Crippen LogP contribution in [-0.2, 0) is 13.2 Å². The molecule has 0 radical (unpaired) electrons. The van der Waals surface area contributed by atoms with Crippen LogP contribution in [0.2, 0.25) is 0 Å². The summed E-state index contributed by atoms with van der Waals surface area (Å²) in [4.78, 5) is 1.35. The lowest BCUT2D eigenvalue weighted by Crippen LogP contribution is -2.33. The van der Waals surface area contributed by atoms with Crippen LogP contribution < -0.4 is 5.32 Å². The fraction of sp³-hybridized carbons (Fsp3) is 0.455. The molecule has 0 bridgehead atoms. The summed E-state index contributed by atoms with van der Waals surface area (Å²) in [6, 6.07) is 15.1. The van der Waals surface area contributed by atoms with Crippen LogP contribution in [0.3, 0.4) is 0 Å². The van der Waals surface area contributed by atoms with Crippen LogP contribution in [0.4, 0.5) is 0 Å². The minimum Gasteiger partial charge on any atom is -0.299 e. The Balaban J connectivity index is 1.58. The molecule has 2 heterocycles. The third-order valence-corrected chi connectivity index (χ3v) is 6.58. The molecule has 1 aliphatic rings. The number of nitrogens with one attached hydrogen (secondary N) is 1. The van der Waals surface area contributed by atoms with Crippen LogP contribution in [0, 0.1) is 10.2 Å². The van der Waals surface area contributed by atoms with E-state index in [1.54, 1.807) is 11.3 Å². The van der Waals surface area contributed by atoms with Crippen molar-refractivity contribution in [3.05, 3.63) is 68.9 Å². The number of benzene rings is 1. The van der Waals surface area contributed by atoms with Gasteiger partial charge in [-0.05, 0) is 47.5 Å². The van der Waals surface area contributed by atoms with Gasteiger partial charge in [-0.2, -0.15) is 5.10 Å². The van der Waals surface area contributed by atoms with Gasteiger partial charge >= 0.3 is 0 Å². The molecular weight excluding hydrogens is 384 g/mol. The van der Waals surface area contributed by atoms with E-state index in [0.717, 1.165) is 17.1 Å². The molecule has 6 heteroatoms. The highest BCUT2D eigenvalue weighted by Gasteiger charge is 2.31. The Hall–Kier alpha value is -1.76. The van der Waals surface area contributed by atoms with Gasteiger partial charge in [-0.25, -0.2) is 4.68 Å². The van der Waals surface area contributed by atoms with Gasteiger partial charge in [0.15, 0.2) is 4.77 Å². The zero-order valence-corrected chi connectivity index (χ0v) is 18.4. The van der Waals surface area contributed by atoms with E-state index in [9.17, 15) is 0 Å². The summed E-state index contributed by atoms with van der Waals surface area (Å²) >= 11 is 7.63. The number of hydrogen-bond donors (Lipinski definition) is 1. The second kappa shape index (κ2) is 7.93. The van der Waals surface area contributed by atoms with E-state index in [0.29, 0.717) is 12.6 Å². The van der Waals surface area contributed by atoms with E-state index >= 15 is 0 Å². The molecule has 1 saturated carbocycles. The van der Waals surface area contributed by atoms with E-state index in [4.69, 9.17) is 17.3 Å².